The third kappa shape index (κ3) is 4.90. The predicted molar refractivity (Wildman–Crippen MR) is 135 cm³/mol. The summed E-state index contributed by atoms with van der Waals surface area (Å²) in [6.07, 6.45) is 5.13. The van der Waals surface area contributed by atoms with Crippen molar-refractivity contribution in [3.8, 4) is 0 Å². The second-order valence-electron chi connectivity index (χ2n) is 9.55. The van der Waals surface area contributed by atoms with Crippen LogP contribution < -0.4 is 0 Å². The third-order valence-electron chi connectivity index (χ3n) is 7.30. The molecule has 5 rings (SSSR count). The van der Waals surface area contributed by atoms with Crippen molar-refractivity contribution in [2.75, 3.05) is 6.54 Å². The van der Waals surface area contributed by atoms with Gasteiger partial charge in [-0.2, -0.15) is 0 Å². The molecular formula is C30H30N2O3. The summed E-state index contributed by atoms with van der Waals surface area (Å²) in [5.74, 6) is -0.611. The molecule has 2 aliphatic rings. The Labute approximate surface area is 206 Å². The fraction of sp³-hybridized carbons (Fsp3) is 0.300. The maximum absolute atomic E-state index is 13.8. The van der Waals surface area contributed by atoms with Crippen LogP contribution in [-0.4, -0.2) is 40.1 Å². The van der Waals surface area contributed by atoms with Gasteiger partial charge in [0.05, 0.1) is 11.1 Å². The van der Waals surface area contributed by atoms with Crippen molar-refractivity contribution in [2.45, 2.75) is 44.7 Å². The highest BCUT2D eigenvalue weighted by Gasteiger charge is 2.39. The third-order valence-corrected chi connectivity index (χ3v) is 7.30. The first-order chi connectivity index (χ1) is 17.1. The summed E-state index contributed by atoms with van der Waals surface area (Å²) in [7, 11) is 0. The van der Waals surface area contributed by atoms with Gasteiger partial charge in [-0.15, -0.1) is 0 Å². The summed E-state index contributed by atoms with van der Waals surface area (Å²) in [6, 6.07) is 27.3. The van der Waals surface area contributed by atoms with E-state index in [4.69, 9.17) is 0 Å². The Bertz CT molecular complexity index is 1170. The van der Waals surface area contributed by atoms with Crippen LogP contribution in [-0.2, 0) is 17.8 Å². The number of amides is 3. The zero-order valence-corrected chi connectivity index (χ0v) is 19.8. The Morgan fingerprint density at radius 3 is 1.91 bits per heavy atom. The largest absolute Gasteiger partial charge is 0.334 e. The van der Waals surface area contributed by atoms with Gasteiger partial charge in [0.1, 0.15) is 6.54 Å². The monoisotopic (exact) mass is 466 g/mol. The van der Waals surface area contributed by atoms with E-state index in [2.05, 4.69) is 24.3 Å². The van der Waals surface area contributed by atoms with Gasteiger partial charge in [-0.3, -0.25) is 19.3 Å². The molecule has 0 aromatic heterocycles. The predicted octanol–water partition coefficient (Wildman–Crippen LogP) is 5.11. The van der Waals surface area contributed by atoms with E-state index in [-0.39, 0.29) is 30.3 Å². The molecule has 2 atom stereocenters. The molecule has 0 bridgehead atoms. The van der Waals surface area contributed by atoms with E-state index in [0.717, 1.165) is 42.6 Å². The van der Waals surface area contributed by atoms with Crippen molar-refractivity contribution in [3.63, 3.8) is 0 Å². The first-order valence-corrected chi connectivity index (χ1v) is 12.4. The van der Waals surface area contributed by atoms with Gasteiger partial charge in [0, 0.05) is 12.6 Å². The summed E-state index contributed by atoms with van der Waals surface area (Å²) < 4.78 is 0. The summed E-state index contributed by atoms with van der Waals surface area (Å²) in [5.41, 5.74) is 3.07. The van der Waals surface area contributed by atoms with Crippen LogP contribution >= 0.6 is 0 Å². The van der Waals surface area contributed by atoms with Gasteiger partial charge in [-0.1, -0.05) is 85.6 Å². The summed E-state index contributed by atoms with van der Waals surface area (Å²) in [4.78, 5) is 42.7. The average Bonchev–Trinajstić information content (AvgIpc) is 3.14. The molecule has 1 aliphatic carbocycles. The Balaban J connectivity index is 1.41. The number of hydrogen-bond donors (Lipinski definition) is 0. The lowest BCUT2D eigenvalue weighted by Gasteiger charge is -2.41. The maximum Gasteiger partial charge on any atom is 0.262 e. The quantitative estimate of drug-likeness (QED) is 0.455. The van der Waals surface area contributed by atoms with Crippen LogP contribution in [0.5, 0.6) is 0 Å². The fourth-order valence-corrected chi connectivity index (χ4v) is 5.53. The number of benzene rings is 3. The minimum Gasteiger partial charge on any atom is -0.334 e. The van der Waals surface area contributed by atoms with E-state index in [9.17, 15) is 14.4 Å². The molecule has 1 saturated carbocycles. The van der Waals surface area contributed by atoms with E-state index in [1.165, 1.54) is 5.56 Å². The molecule has 0 radical (unpaired) electrons. The average molecular weight is 467 g/mol. The molecule has 35 heavy (non-hydrogen) atoms. The maximum atomic E-state index is 13.8. The van der Waals surface area contributed by atoms with E-state index < -0.39 is 0 Å². The van der Waals surface area contributed by atoms with Gasteiger partial charge in [-0.05, 0) is 48.4 Å². The molecule has 178 valence electrons. The van der Waals surface area contributed by atoms with Crippen molar-refractivity contribution >= 4 is 17.7 Å². The lowest BCUT2D eigenvalue weighted by molar-refractivity contribution is -0.136. The molecule has 2 unspecified atom stereocenters. The number of carbonyl (C=O) groups excluding carboxylic acids is 3. The molecule has 3 aromatic carbocycles. The van der Waals surface area contributed by atoms with Crippen LogP contribution in [0.4, 0.5) is 0 Å². The van der Waals surface area contributed by atoms with E-state index in [1.807, 2.05) is 41.3 Å². The zero-order valence-electron chi connectivity index (χ0n) is 19.8. The van der Waals surface area contributed by atoms with Crippen LogP contribution in [0.25, 0.3) is 0 Å². The number of carbonyl (C=O) groups is 3. The summed E-state index contributed by atoms with van der Waals surface area (Å²) in [5, 5.41) is 0. The van der Waals surface area contributed by atoms with Gasteiger partial charge in [0.2, 0.25) is 5.91 Å². The second-order valence-corrected chi connectivity index (χ2v) is 9.55. The number of fused-ring (bicyclic) bond motifs is 1. The van der Waals surface area contributed by atoms with Crippen LogP contribution in [0.2, 0.25) is 0 Å². The fourth-order valence-electron chi connectivity index (χ4n) is 5.53. The Hall–Kier alpha value is -3.73. The lowest BCUT2D eigenvalue weighted by atomic mass is 9.79. The van der Waals surface area contributed by atoms with Crippen LogP contribution in [0, 0.1) is 5.92 Å². The molecule has 1 aliphatic heterocycles. The standard InChI is InChI=1S/C30H30N2O3/c33-28(21-32-29(34)25-16-8-9-17-26(25)30(32)35)31(20-23-13-5-2-6-14-23)27-18-10-7-15-24(27)19-22-11-3-1-4-12-22/h1-6,8-9,11-14,16-17,24,27H,7,10,15,18-21H2. The van der Waals surface area contributed by atoms with Crippen molar-refractivity contribution < 1.29 is 14.4 Å². The summed E-state index contributed by atoms with van der Waals surface area (Å²) >= 11 is 0. The number of rotatable bonds is 7. The highest BCUT2D eigenvalue weighted by atomic mass is 16.2. The van der Waals surface area contributed by atoms with Crippen molar-refractivity contribution in [2.24, 2.45) is 5.92 Å². The molecule has 0 N–H and O–H groups in total. The molecule has 3 amide bonds. The number of imide groups is 1. The van der Waals surface area contributed by atoms with E-state index >= 15 is 0 Å². The van der Waals surface area contributed by atoms with Crippen LogP contribution in [0.3, 0.4) is 0 Å². The topological polar surface area (TPSA) is 57.7 Å². The van der Waals surface area contributed by atoms with Crippen molar-refractivity contribution in [1.29, 1.82) is 0 Å². The minimum atomic E-state index is -0.386. The summed E-state index contributed by atoms with van der Waals surface area (Å²) in [6.45, 7) is 0.243. The highest BCUT2D eigenvalue weighted by molar-refractivity contribution is 6.22. The van der Waals surface area contributed by atoms with Crippen molar-refractivity contribution in [3.05, 3.63) is 107 Å². The van der Waals surface area contributed by atoms with E-state index in [0.29, 0.717) is 23.6 Å². The molecule has 1 fully saturated rings. The molecule has 1 heterocycles. The van der Waals surface area contributed by atoms with Crippen molar-refractivity contribution in [1.82, 2.24) is 9.80 Å². The smallest absolute Gasteiger partial charge is 0.262 e. The molecule has 0 saturated heterocycles. The molecule has 0 spiro atoms. The highest BCUT2D eigenvalue weighted by Crippen LogP contribution is 2.33. The van der Waals surface area contributed by atoms with Gasteiger partial charge < -0.3 is 4.90 Å². The van der Waals surface area contributed by atoms with Gasteiger partial charge in [0.15, 0.2) is 0 Å². The SMILES string of the molecule is O=C1c2ccccc2C(=O)N1CC(=O)N(Cc1ccccc1)C1CCCCC1Cc1ccccc1. The van der Waals surface area contributed by atoms with Crippen LogP contribution in [0.1, 0.15) is 57.5 Å². The first-order valence-electron chi connectivity index (χ1n) is 12.4. The lowest BCUT2D eigenvalue weighted by Crippen LogP contribution is -2.50. The number of nitrogens with zero attached hydrogens (tertiary/aromatic N) is 2. The van der Waals surface area contributed by atoms with Gasteiger partial charge >= 0.3 is 0 Å². The second kappa shape index (κ2) is 10.3. The Morgan fingerprint density at radius 1 is 0.743 bits per heavy atom. The number of hydrogen-bond acceptors (Lipinski definition) is 3. The molecule has 3 aromatic rings. The zero-order chi connectivity index (χ0) is 24.2. The molecule has 5 heteroatoms. The Kier molecular flexibility index (Phi) is 6.75. The van der Waals surface area contributed by atoms with E-state index in [1.54, 1.807) is 24.3 Å². The van der Waals surface area contributed by atoms with Crippen LogP contribution in [0.15, 0.2) is 84.9 Å². The minimum absolute atomic E-state index is 0.0619. The molecular weight excluding hydrogens is 436 g/mol. The normalized spacial score (nSPS) is 19.5. The Morgan fingerprint density at radius 2 is 1.29 bits per heavy atom. The van der Waals surface area contributed by atoms with Gasteiger partial charge in [0.25, 0.3) is 11.8 Å². The first kappa shape index (κ1) is 23.0. The van der Waals surface area contributed by atoms with Gasteiger partial charge in [-0.25, -0.2) is 0 Å². The molecule has 5 nitrogen and oxygen atoms in total.